The van der Waals surface area contributed by atoms with Crippen molar-refractivity contribution < 1.29 is 14.3 Å². The number of fused-ring (bicyclic) bond motifs is 1. The normalized spacial score (nSPS) is 14.8. The number of nitriles is 1. The Bertz CT molecular complexity index is 1180. The molecule has 7 nitrogen and oxygen atoms in total. The lowest BCUT2D eigenvalue weighted by Gasteiger charge is -2.35. The summed E-state index contributed by atoms with van der Waals surface area (Å²) in [6.45, 7) is 4.21. The number of hydrogen-bond acceptors (Lipinski definition) is 6. The third kappa shape index (κ3) is 3.50. The van der Waals surface area contributed by atoms with Gasteiger partial charge in [0.15, 0.2) is 11.5 Å². The van der Waals surface area contributed by atoms with E-state index in [1.807, 2.05) is 26.0 Å². The molecule has 3 aromatic rings. The van der Waals surface area contributed by atoms with E-state index in [9.17, 15) is 19.6 Å². The van der Waals surface area contributed by atoms with Crippen molar-refractivity contribution in [3.05, 3.63) is 58.8 Å². The molecule has 0 unspecified atom stereocenters. The molecule has 0 saturated carbocycles. The van der Waals surface area contributed by atoms with E-state index in [0.29, 0.717) is 22.5 Å². The summed E-state index contributed by atoms with van der Waals surface area (Å²) in [6, 6.07) is 12.3. The van der Waals surface area contributed by atoms with Gasteiger partial charge in [0, 0.05) is 11.3 Å². The van der Waals surface area contributed by atoms with Crippen molar-refractivity contribution in [2.45, 2.75) is 26.1 Å². The predicted octanol–water partition coefficient (Wildman–Crippen LogP) is 3.84. The molecule has 0 amide bonds. The Hall–Kier alpha value is -3.73. The molecule has 1 saturated heterocycles. The minimum atomic E-state index is -1.02. The van der Waals surface area contributed by atoms with Crippen LogP contribution >= 0.6 is 0 Å². The first-order valence-electron chi connectivity index (χ1n) is 9.57. The molecular weight excluding hydrogens is 385 g/mol. The van der Waals surface area contributed by atoms with Crippen LogP contribution in [0.1, 0.15) is 40.1 Å². The number of rotatable bonds is 5. The van der Waals surface area contributed by atoms with Crippen LogP contribution in [0.25, 0.3) is 11.0 Å². The quantitative estimate of drug-likeness (QED) is 0.665. The van der Waals surface area contributed by atoms with Crippen LogP contribution < -0.4 is 10.2 Å². The molecule has 30 heavy (non-hydrogen) atoms. The van der Waals surface area contributed by atoms with E-state index in [-0.39, 0.29) is 30.4 Å². The van der Waals surface area contributed by atoms with E-state index in [1.54, 1.807) is 29.2 Å². The number of carboxylic acids is 1. The SMILES string of the molecule is Cc1cc([C@@H](C)Nc2ccccc2C(=O)O)c2nc(N3CC(F)C3)c(C#N)nc2c1. The first-order valence-corrected chi connectivity index (χ1v) is 9.57. The van der Waals surface area contributed by atoms with Crippen LogP contribution in [0.5, 0.6) is 0 Å². The topological polar surface area (TPSA) is 102 Å². The number of carboxylic acid groups (broad SMARTS) is 1. The summed E-state index contributed by atoms with van der Waals surface area (Å²) in [5.74, 6) is -0.638. The standard InChI is InChI=1S/C22H20FN5O2/c1-12-7-16(13(2)25-17-6-4-3-5-15(17)22(29)30)20-18(8-12)26-19(9-24)21(27-20)28-10-14(23)11-28/h3-8,13-14,25H,10-11H2,1-2H3,(H,29,30)/t13-/m1/s1. The number of halogens is 1. The number of aromatic carboxylic acids is 1. The number of carbonyl (C=O) groups is 1. The Morgan fingerprint density at radius 2 is 2.07 bits per heavy atom. The van der Waals surface area contributed by atoms with Crippen molar-refractivity contribution in [2.24, 2.45) is 0 Å². The molecule has 1 aliphatic heterocycles. The fraction of sp³-hybridized carbons (Fsp3) is 0.273. The predicted molar refractivity (Wildman–Crippen MR) is 112 cm³/mol. The first-order chi connectivity index (χ1) is 14.4. The maximum absolute atomic E-state index is 13.4. The van der Waals surface area contributed by atoms with E-state index in [2.05, 4.69) is 21.4 Å². The third-order valence-corrected chi connectivity index (χ3v) is 5.16. The van der Waals surface area contributed by atoms with Crippen molar-refractivity contribution in [1.82, 2.24) is 9.97 Å². The number of aryl methyl sites for hydroxylation is 1. The highest BCUT2D eigenvalue weighted by Crippen LogP contribution is 2.31. The summed E-state index contributed by atoms with van der Waals surface area (Å²) >= 11 is 0. The van der Waals surface area contributed by atoms with Gasteiger partial charge in [0.05, 0.1) is 35.7 Å². The molecule has 2 aromatic carbocycles. The summed E-state index contributed by atoms with van der Waals surface area (Å²) in [5, 5.41) is 22.2. The van der Waals surface area contributed by atoms with E-state index >= 15 is 0 Å². The monoisotopic (exact) mass is 405 g/mol. The van der Waals surface area contributed by atoms with Crippen LogP contribution in [-0.4, -0.2) is 40.3 Å². The van der Waals surface area contributed by atoms with Gasteiger partial charge in [-0.05, 0) is 37.6 Å². The van der Waals surface area contributed by atoms with Crippen LogP contribution in [0.15, 0.2) is 36.4 Å². The van der Waals surface area contributed by atoms with Gasteiger partial charge in [-0.25, -0.2) is 19.2 Å². The molecule has 0 bridgehead atoms. The number of aromatic nitrogens is 2. The first kappa shape index (κ1) is 19.6. The van der Waals surface area contributed by atoms with Crippen LogP contribution in [0.2, 0.25) is 0 Å². The average Bonchev–Trinajstić information content (AvgIpc) is 2.70. The van der Waals surface area contributed by atoms with Crippen molar-refractivity contribution in [3.8, 4) is 6.07 Å². The Labute approximate surface area is 172 Å². The van der Waals surface area contributed by atoms with E-state index in [0.717, 1.165) is 11.1 Å². The summed E-state index contributed by atoms with van der Waals surface area (Å²) in [6.07, 6.45) is -0.931. The zero-order valence-corrected chi connectivity index (χ0v) is 16.6. The van der Waals surface area contributed by atoms with Gasteiger partial charge in [0.2, 0.25) is 0 Å². The second-order valence-electron chi connectivity index (χ2n) is 7.45. The van der Waals surface area contributed by atoms with E-state index < -0.39 is 12.1 Å². The molecule has 152 valence electrons. The Morgan fingerprint density at radius 3 is 2.73 bits per heavy atom. The highest BCUT2D eigenvalue weighted by Gasteiger charge is 2.30. The molecule has 0 spiro atoms. The minimum Gasteiger partial charge on any atom is -0.478 e. The molecule has 2 N–H and O–H groups in total. The van der Waals surface area contributed by atoms with Gasteiger partial charge in [-0.3, -0.25) is 0 Å². The summed E-state index contributed by atoms with van der Waals surface area (Å²) < 4.78 is 13.4. The summed E-state index contributed by atoms with van der Waals surface area (Å²) in [4.78, 5) is 22.4. The molecule has 4 rings (SSSR count). The highest BCUT2D eigenvalue weighted by atomic mass is 19.1. The molecule has 1 atom stereocenters. The molecule has 2 heterocycles. The van der Waals surface area contributed by atoms with Crippen LogP contribution in [0, 0.1) is 18.3 Å². The largest absolute Gasteiger partial charge is 0.478 e. The van der Waals surface area contributed by atoms with Crippen LogP contribution in [0.4, 0.5) is 15.9 Å². The second kappa shape index (κ2) is 7.59. The molecule has 0 radical (unpaired) electrons. The van der Waals surface area contributed by atoms with Crippen molar-refractivity contribution in [1.29, 1.82) is 5.26 Å². The lowest BCUT2D eigenvalue weighted by atomic mass is 10.0. The van der Waals surface area contributed by atoms with Gasteiger partial charge in [-0.2, -0.15) is 5.26 Å². The van der Waals surface area contributed by atoms with Crippen LogP contribution in [0.3, 0.4) is 0 Å². The number of benzene rings is 2. The van der Waals surface area contributed by atoms with Gasteiger partial charge in [-0.1, -0.05) is 18.2 Å². The number of anilines is 2. The molecular formula is C22H20FN5O2. The fourth-order valence-corrected chi connectivity index (χ4v) is 3.65. The Kier molecular flexibility index (Phi) is 4.96. The Morgan fingerprint density at radius 1 is 1.33 bits per heavy atom. The summed E-state index contributed by atoms with van der Waals surface area (Å²) in [7, 11) is 0. The number of para-hydroxylation sites is 1. The number of nitrogens with one attached hydrogen (secondary N) is 1. The lowest BCUT2D eigenvalue weighted by Crippen LogP contribution is -2.49. The van der Waals surface area contributed by atoms with Gasteiger partial charge in [-0.15, -0.1) is 0 Å². The molecule has 1 fully saturated rings. The van der Waals surface area contributed by atoms with Crippen LogP contribution in [-0.2, 0) is 0 Å². The highest BCUT2D eigenvalue weighted by molar-refractivity contribution is 5.94. The molecule has 8 heteroatoms. The number of nitrogens with zero attached hydrogens (tertiary/aromatic N) is 4. The third-order valence-electron chi connectivity index (χ3n) is 5.16. The van der Waals surface area contributed by atoms with Gasteiger partial charge >= 0.3 is 5.97 Å². The van der Waals surface area contributed by atoms with Gasteiger partial charge in [0.1, 0.15) is 12.2 Å². The van der Waals surface area contributed by atoms with E-state index in [4.69, 9.17) is 0 Å². The zero-order valence-electron chi connectivity index (χ0n) is 16.6. The second-order valence-corrected chi connectivity index (χ2v) is 7.45. The number of alkyl halides is 1. The van der Waals surface area contributed by atoms with E-state index in [1.165, 1.54) is 0 Å². The molecule has 1 aromatic heterocycles. The maximum atomic E-state index is 13.4. The van der Waals surface area contributed by atoms with Gasteiger partial charge in [0.25, 0.3) is 0 Å². The maximum Gasteiger partial charge on any atom is 0.337 e. The smallest absolute Gasteiger partial charge is 0.337 e. The van der Waals surface area contributed by atoms with Crippen molar-refractivity contribution in [3.63, 3.8) is 0 Å². The van der Waals surface area contributed by atoms with Crippen molar-refractivity contribution in [2.75, 3.05) is 23.3 Å². The molecule has 0 aliphatic carbocycles. The van der Waals surface area contributed by atoms with Gasteiger partial charge < -0.3 is 15.3 Å². The lowest BCUT2D eigenvalue weighted by molar-refractivity contribution is 0.0698. The van der Waals surface area contributed by atoms with Crippen molar-refractivity contribution >= 4 is 28.5 Å². The average molecular weight is 405 g/mol. The fourth-order valence-electron chi connectivity index (χ4n) is 3.65. The zero-order chi connectivity index (χ0) is 21.4. The minimum absolute atomic E-state index is 0.169. The number of hydrogen-bond donors (Lipinski definition) is 2. The molecule has 1 aliphatic rings. The Balaban J connectivity index is 1.79. The summed E-state index contributed by atoms with van der Waals surface area (Å²) in [5.41, 5.74) is 3.78.